The number of aromatic nitrogens is 1. The van der Waals surface area contributed by atoms with Gasteiger partial charge < -0.3 is 9.84 Å². The van der Waals surface area contributed by atoms with Gasteiger partial charge in [0.1, 0.15) is 17.1 Å². The van der Waals surface area contributed by atoms with Crippen LogP contribution < -0.4 is 10.0 Å². The van der Waals surface area contributed by atoms with Crippen LogP contribution in [0.3, 0.4) is 0 Å². The van der Waals surface area contributed by atoms with Gasteiger partial charge in [0.2, 0.25) is 0 Å². The number of sulfonamides is 1. The molecule has 2 N–H and O–H groups in total. The summed E-state index contributed by atoms with van der Waals surface area (Å²) >= 11 is 0. The van der Waals surface area contributed by atoms with E-state index in [4.69, 9.17) is 4.52 Å². The Morgan fingerprint density at radius 2 is 1.86 bits per heavy atom. The average Bonchev–Trinajstić information content (AvgIpc) is 3.02. The third kappa shape index (κ3) is 4.20. The predicted octanol–water partition coefficient (Wildman–Crippen LogP) is 3.74. The molecule has 0 aliphatic rings. The summed E-state index contributed by atoms with van der Waals surface area (Å²) in [6.45, 7) is 3.51. The molecule has 0 saturated heterocycles. The molecule has 0 bridgehead atoms. The molecule has 146 valence electrons. The van der Waals surface area contributed by atoms with Crippen LogP contribution in [0, 0.1) is 12.7 Å². The lowest BCUT2D eigenvalue weighted by atomic mass is 10.1. The van der Waals surface area contributed by atoms with Crippen LogP contribution in [-0.2, 0) is 16.4 Å². The van der Waals surface area contributed by atoms with Gasteiger partial charge in [0.15, 0.2) is 0 Å². The molecule has 0 atom stereocenters. The first-order valence-electron chi connectivity index (χ1n) is 8.45. The molecular weight excluding hydrogens is 385 g/mol. The highest BCUT2D eigenvalue weighted by molar-refractivity contribution is 7.92. The van der Waals surface area contributed by atoms with Crippen molar-refractivity contribution in [2.24, 2.45) is 0 Å². The molecule has 0 unspecified atom stereocenters. The molecule has 1 aromatic heterocycles. The molecule has 0 aliphatic heterocycles. The summed E-state index contributed by atoms with van der Waals surface area (Å²) in [6.07, 6.45) is 0.545. The van der Waals surface area contributed by atoms with Crippen LogP contribution in [0.4, 0.5) is 15.8 Å². The van der Waals surface area contributed by atoms with Gasteiger partial charge in [0.05, 0.1) is 16.3 Å². The molecule has 3 aromatic rings. The van der Waals surface area contributed by atoms with E-state index in [1.807, 2.05) is 6.92 Å². The van der Waals surface area contributed by atoms with Crippen LogP contribution in [0.15, 0.2) is 57.9 Å². The zero-order valence-corrected chi connectivity index (χ0v) is 16.0. The molecule has 3 rings (SSSR count). The first kappa shape index (κ1) is 19.6. The van der Waals surface area contributed by atoms with Crippen molar-refractivity contribution in [1.82, 2.24) is 5.16 Å². The smallest absolute Gasteiger partial charge is 0.261 e. The number of hydrogen-bond donors (Lipinski definition) is 2. The average molecular weight is 403 g/mol. The van der Waals surface area contributed by atoms with E-state index >= 15 is 0 Å². The van der Waals surface area contributed by atoms with Crippen LogP contribution in [-0.4, -0.2) is 19.5 Å². The Morgan fingerprint density at radius 3 is 2.50 bits per heavy atom. The van der Waals surface area contributed by atoms with E-state index in [2.05, 4.69) is 15.2 Å². The van der Waals surface area contributed by atoms with Gasteiger partial charge in [-0.2, -0.15) is 0 Å². The van der Waals surface area contributed by atoms with Crippen molar-refractivity contribution in [3.05, 3.63) is 71.4 Å². The van der Waals surface area contributed by atoms with E-state index in [0.717, 1.165) is 6.07 Å². The number of anilines is 2. The Balaban J connectivity index is 1.76. The summed E-state index contributed by atoms with van der Waals surface area (Å²) in [6, 6.07) is 10.8. The summed E-state index contributed by atoms with van der Waals surface area (Å²) in [7, 11) is -3.89. The van der Waals surface area contributed by atoms with Gasteiger partial charge in [-0.1, -0.05) is 18.1 Å². The molecule has 0 spiro atoms. The summed E-state index contributed by atoms with van der Waals surface area (Å²) in [5, 5.41) is 6.53. The fourth-order valence-corrected chi connectivity index (χ4v) is 3.68. The Hall–Kier alpha value is -3.20. The molecule has 0 aliphatic carbocycles. The van der Waals surface area contributed by atoms with E-state index in [1.165, 1.54) is 42.5 Å². The number of benzene rings is 2. The lowest BCUT2D eigenvalue weighted by molar-refractivity contribution is 0.102. The molecule has 9 heteroatoms. The van der Waals surface area contributed by atoms with Crippen LogP contribution >= 0.6 is 0 Å². The van der Waals surface area contributed by atoms with Gasteiger partial charge in [0, 0.05) is 5.69 Å². The highest BCUT2D eigenvalue weighted by atomic mass is 32.2. The number of halogens is 1. The zero-order chi connectivity index (χ0) is 20.3. The van der Waals surface area contributed by atoms with E-state index in [-0.39, 0.29) is 16.5 Å². The maximum Gasteiger partial charge on any atom is 0.261 e. The van der Waals surface area contributed by atoms with E-state index in [9.17, 15) is 17.6 Å². The second-order valence-electron chi connectivity index (χ2n) is 6.01. The molecule has 0 fully saturated rings. The van der Waals surface area contributed by atoms with Crippen molar-refractivity contribution in [1.29, 1.82) is 0 Å². The standard InChI is InChI=1S/C19H18FN3O4S/c1-3-17-18(12(2)27-22-17)19(24)21-14-7-9-16(10-8-14)28(25,26)23-15-6-4-5-13(20)11-15/h4-11,23H,3H2,1-2H3,(H,21,24). The van der Waals surface area contributed by atoms with E-state index in [0.29, 0.717) is 29.1 Å². The fraction of sp³-hybridized carbons (Fsp3) is 0.158. The molecule has 1 heterocycles. The van der Waals surface area contributed by atoms with Gasteiger partial charge in [-0.15, -0.1) is 0 Å². The summed E-state index contributed by atoms with van der Waals surface area (Å²) < 4.78 is 45.4. The largest absolute Gasteiger partial charge is 0.361 e. The van der Waals surface area contributed by atoms with Crippen molar-refractivity contribution >= 4 is 27.3 Å². The Morgan fingerprint density at radius 1 is 1.14 bits per heavy atom. The minimum atomic E-state index is -3.89. The van der Waals surface area contributed by atoms with Crippen molar-refractivity contribution in [3.63, 3.8) is 0 Å². The lowest BCUT2D eigenvalue weighted by Crippen LogP contribution is -2.15. The second kappa shape index (κ2) is 7.81. The molecule has 2 aromatic carbocycles. The Bertz CT molecular complexity index is 1110. The van der Waals surface area contributed by atoms with Crippen molar-refractivity contribution < 1.29 is 22.1 Å². The highest BCUT2D eigenvalue weighted by Gasteiger charge is 2.20. The maximum absolute atomic E-state index is 13.2. The normalized spacial score (nSPS) is 11.2. The highest BCUT2D eigenvalue weighted by Crippen LogP contribution is 2.20. The second-order valence-corrected chi connectivity index (χ2v) is 7.69. The first-order valence-corrected chi connectivity index (χ1v) is 9.93. The number of carbonyl (C=O) groups is 1. The topological polar surface area (TPSA) is 101 Å². The zero-order valence-electron chi connectivity index (χ0n) is 15.2. The van der Waals surface area contributed by atoms with Gasteiger partial charge in [-0.05, 0) is 55.8 Å². The molecule has 7 nitrogen and oxygen atoms in total. The Kier molecular flexibility index (Phi) is 5.46. The van der Waals surface area contributed by atoms with E-state index < -0.39 is 15.8 Å². The van der Waals surface area contributed by atoms with Crippen molar-refractivity contribution in [2.75, 3.05) is 10.0 Å². The Labute approximate surface area is 161 Å². The van der Waals surface area contributed by atoms with Crippen LogP contribution in [0.2, 0.25) is 0 Å². The number of aryl methyl sites for hydroxylation is 2. The van der Waals surface area contributed by atoms with Gasteiger partial charge >= 0.3 is 0 Å². The molecular formula is C19H18FN3O4S. The number of rotatable bonds is 6. The minimum Gasteiger partial charge on any atom is -0.361 e. The SMILES string of the molecule is CCc1noc(C)c1C(=O)Nc1ccc(S(=O)(=O)Nc2cccc(F)c2)cc1. The fourth-order valence-electron chi connectivity index (χ4n) is 2.63. The molecule has 28 heavy (non-hydrogen) atoms. The van der Waals surface area contributed by atoms with Crippen LogP contribution in [0.5, 0.6) is 0 Å². The lowest BCUT2D eigenvalue weighted by Gasteiger charge is -2.09. The van der Waals surface area contributed by atoms with E-state index in [1.54, 1.807) is 6.92 Å². The first-order chi connectivity index (χ1) is 13.3. The van der Waals surface area contributed by atoms with Gasteiger partial charge in [0.25, 0.3) is 15.9 Å². The number of nitrogens with one attached hydrogen (secondary N) is 2. The summed E-state index contributed by atoms with van der Waals surface area (Å²) in [5.74, 6) is -0.523. The number of carbonyl (C=O) groups excluding carboxylic acids is 1. The number of hydrogen-bond acceptors (Lipinski definition) is 5. The molecule has 0 saturated carbocycles. The summed E-state index contributed by atoms with van der Waals surface area (Å²) in [5.41, 5.74) is 1.45. The van der Waals surface area contributed by atoms with Crippen LogP contribution in [0.1, 0.15) is 28.7 Å². The van der Waals surface area contributed by atoms with Gasteiger partial charge in [-0.25, -0.2) is 12.8 Å². The van der Waals surface area contributed by atoms with Crippen LogP contribution in [0.25, 0.3) is 0 Å². The van der Waals surface area contributed by atoms with Crippen molar-refractivity contribution in [2.45, 2.75) is 25.2 Å². The molecule has 0 radical (unpaired) electrons. The third-order valence-corrected chi connectivity index (χ3v) is 5.39. The predicted molar refractivity (Wildman–Crippen MR) is 102 cm³/mol. The third-order valence-electron chi connectivity index (χ3n) is 3.99. The van der Waals surface area contributed by atoms with Crippen molar-refractivity contribution in [3.8, 4) is 0 Å². The van der Waals surface area contributed by atoms with Gasteiger partial charge in [-0.3, -0.25) is 9.52 Å². The summed E-state index contributed by atoms with van der Waals surface area (Å²) in [4.78, 5) is 12.4. The maximum atomic E-state index is 13.2. The minimum absolute atomic E-state index is 0.0230. The molecule has 1 amide bonds. The number of amides is 1. The quantitative estimate of drug-likeness (QED) is 0.653. The number of nitrogens with zero attached hydrogens (tertiary/aromatic N) is 1. The monoisotopic (exact) mass is 403 g/mol.